The van der Waals surface area contributed by atoms with Crippen LogP contribution in [0.1, 0.15) is 29.5 Å². The molecule has 0 aliphatic heterocycles. The Morgan fingerprint density at radius 2 is 1.78 bits per heavy atom. The molecule has 2 amide bonds. The maximum atomic E-state index is 13.0. The van der Waals surface area contributed by atoms with Crippen molar-refractivity contribution in [2.75, 3.05) is 11.9 Å². The van der Waals surface area contributed by atoms with Crippen molar-refractivity contribution < 1.29 is 9.18 Å². The number of nitrogens with one attached hydrogen (secondary N) is 2. The van der Waals surface area contributed by atoms with E-state index in [0.717, 1.165) is 29.7 Å². The Balaban J connectivity index is 1.58. The fourth-order valence-corrected chi connectivity index (χ4v) is 2.77. The molecule has 23 heavy (non-hydrogen) atoms. The summed E-state index contributed by atoms with van der Waals surface area (Å²) in [7, 11) is 0. The molecule has 1 aliphatic rings. The van der Waals surface area contributed by atoms with Gasteiger partial charge in [0.25, 0.3) is 0 Å². The summed E-state index contributed by atoms with van der Waals surface area (Å²) in [5.41, 5.74) is 4.19. The van der Waals surface area contributed by atoms with Gasteiger partial charge in [0, 0.05) is 17.6 Å². The van der Waals surface area contributed by atoms with Crippen LogP contribution in [-0.2, 0) is 5.41 Å². The van der Waals surface area contributed by atoms with Crippen LogP contribution in [0, 0.1) is 19.7 Å². The van der Waals surface area contributed by atoms with E-state index in [1.54, 1.807) is 0 Å². The van der Waals surface area contributed by atoms with Crippen LogP contribution in [-0.4, -0.2) is 12.6 Å². The zero-order chi connectivity index (χ0) is 16.4. The summed E-state index contributed by atoms with van der Waals surface area (Å²) in [5, 5.41) is 5.80. The third-order valence-electron chi connectivity index (χ3n) is 4.66. The Morgan fingerprint density at radius 3 is 2.39 bits per heavy atom. The average molecular weight is 312 g/mol. The number of carbonyl (C=O) groups excluding carboxylic acids is 1. The van der Waals surface area contributed by atoms with Gasteiger partial charge in [-0.2, -0.15) is 0 Å². The molecule has 3 nitrogen and oxygen atoms in total. The Kier molecular flexibility index (Phi) is 4.07. The van der Waals surface area contributed by atoms with Crippen LogP contribution < -0.4 is 10.6 Å². The van der Waals surface area contributed by atoms with Crippen molar-refractivity contribution in [2.24, 2.45) is 0 Å². The predicted molar refractivity (Wildman–Crippen MR) is 90.2 cm³/mol. The lowest BCUT2D eigenvalue weighted by Gasteiger charge is -2.17. The Labute approximate surface area is 135 Å². The molecule has 3 rings (SSSR count). The van der Waals surface area contributed by atoms with E-state index in [-0.39, 0.29) is 17.3 Å². The standard InChI is InChI=1S/C19H21FN2O/c1-13-3-8-17(11-14(13)2)22-18(23)21-12-19(9-10-19)15-4-6-16(20)7-5-15/h3-8,11H,9-10,12H2,1-2H3,(H2,21,22,23). The van der Waals surface area contributed by atoms with Crippen molar-refractivity contribution >= 4 is 11.7 Å². The summed E-state index contributed by atoms with van der Waals surface area (Å²) in [5.74, 6) is -0.231. The van der Waals surface area contributed by atoms with Gasteiger partial charge in [0.1, 0.15) is 5.82 Å². The second-order valence-corrected chi connectivity index (χ2v) is 6.39. The molecule has 0 saturated heterocycles. The SMILES string of the molecule is Cc1ccc(NC(=O)NCC2(c3ccc(F)cc3)CC2)cc1C. The summed E-state index contributed by atoms with van der Waals surface area (Å²) < 4.78 is 13.0. The summed E-state index contributed by atoms with van der Waals surface area (Å²) in [6.45, 7) is 4.63. The fourth-order valence-electron chi connectivity index (χ4n) is 2.77. The van der Waals surface area contributed by atoms with Gasteiger partial charge in [0.05, 0.1) is 0 Å². The number of aryl methyl sites for hydroxylation is 2. The molecule has 0 aromatic heterocycles. The quantitative estimate of drug-likeness (QED) is 0.868. The zero-order valence-electron chi connectivity index (χ0n) is 13.4. The maximum Gasteiger partial charge on any atom is 0.319 e. The lowest BCUT2D eigenvalue weighted by atomic mass is 9.96. The molecule has 0 spiro atoms. The summed E-state index contributed by atoms with van der Waals surface area (Å²) in [4.78, 5) is 12.1. The first-order chi connectivity index (χ1) is 11.0. The number of benzene rings is 2. The second-order valence-electron chi connectivity index (χ2n) is 6.39. The number of hydrogen-bond acceptors (Lipinski definition) is 1. The molecular weight excluding hydrogens is 291 g/mol. The minimum Gasteiger partial charge on any atom is -0.337 e. The van der Waals surface area contributed by atoms with Gasteiger partial charge in [0.2, 0.25) is 0 Å². The van der Waals surface area contributed by atoms with Gasteiger partial charge in [-0.15, -0.1) is 0 Å². The highest BCUT2D eigenvalue weighted by Gasteiger charge is 2.44. The first-order valence-electron chi connectivity index (χ1n) is 7.87. The van der Waals surface area contributed by atoms with Gasteiger partial charge in [-0.05, 0) is 67.6 Å². The van der Waals surface area contributed by atoms with E-state index in [1.165, 1.54) is 17.7 Å². The van der Waals surface area contributed by atoms with Gasteiger partial charge < -0.3 is 10.6 Å². The van der Waals surface area contributed by atoms with Crippen LogP contribution in [0.15, 0.2) is 42.5 Å². The topological polar surface area (TPSA) is 41.1 Å². The molecule has 1 fully saturated rings. The highest BCUT2D eigenvalue weighted by molar-refractivity contribution is 5.89. The molecule has 2 aromatic rings. The highest BCUT2D eigenvalue weighted by Crippen LogP contribution is 2.47. The van der Waals surface area contributed by atoms with Gasteiger partial charge in [-0.1, -0.05) is 18.2 Å². The van der Waals surface area contributed by atoms with Crippen LogP contribution in [0.25, 0.3) is 0 Å². The fraction of sp³-hybridized carbons (Fsp3) is 0.316. The van der Waals surface area contributed by atoms with E-state index in [1.807, 2.05) is 44.2 Å². The molecular formula is C19H21FN2O. The van der Waals surface area contributed by atoms with Crippen LogP contribution in [0.2, 0.25) is 0 Å². The number of urea groups is 1. The van der Waals surface area contributed by atoms with E-state index >= 15 is 0 Å². The monoisotopic (exact) mass is 312 g/mol. The number of anilines is 1. The molecule has 120 valence electrons. The normalized spacial score (nSPS) is 15.1. The largest absolute Gasteiger partial charge is 0.337 e. The zero-order valence-corrected chi connectivity index (χ0v) is 13.4. The summed E-state index contributed by atoms with van der Waals surface area (Å²) in [6, 6.07) is 12.2. The summed E-state index contributed by atoms with van der Waals surface area (Å²) >= 11 is 0. The van der Waals surface area contributed by atoms with E-state index in [4.69, 9.17) is 0 Å². The molecule has 1 aliphatic carbocycles. The first kappa shape index (κ1) is 15.5. The lowest BCUT2D eigenvalue weighted by molar-refractivity contribution is 0.251. The molecule has 0 atom stereocenters. The van der Waals surface area contributed by atoms with Gasteiger partial charge >= 0.3 is 6.03 Å². The van der Waals surface area contributed by atoms with Gasteiger partial charge in [-0.3, -0.25) is 0 Å². The Morgan fingerprint density at radius 1 is 1.09 bits per heavy atom. The van der Waals surface area contributed by atoms with Crippen LogP contribution >= 0.6 is 0 Å². The minimum absolute atomic E-state index is 0.0335. The Hall–Kier alpha value is -2.36. The minimum atomic E-state index is -0.231. The molecule has 0 radical (unpaired) electrons. The van der Waals surface area contributed by atoms with E-state index in [2.05, 4.69) is 10.6 Å². The number of rotatable bonds is 4. The molecule has 0 heterocycles. The van der Waals surface area contributed by atoms with Gasteiger partial charge in [-0.25, -0.2) is 9.18 Å². The molecule has 0 bridgehead atoms. The van der Waals surface area contributed by atoms with Crippen molar-refractivity contribution in [1.29, 1.82) is 0 Å². The Bertz CT molecular complexity index is 721. The smallest absolute Gasteiger partial charge is 0.319 e. The number of amides is 2. The van der Waals surface area contributed by atoms with E-state index < -0.39 is 0 Å². The number of halogens is 1. The first-order valence-corrected chi connectivity index (χ1v) is 7.87. The molecule has 2 N–H and O–H groups in total. The molecule has 0 unspecified atom stereocenters. The average Bonchev–Trinajstić information content (AvgIpc) is 3.31. The molecule has 1 saturated carbocycles. The number of hydrogen-bond donors (Lipinski definition) is 2. The predicted octanol–water partition coefficient (Wildman–Crippen LogP) is 4.30. The maximum absolute atomic E-state index is 13.0. The lowest BCUT2D eigenvalue weighted by Crippen LogP contribution is -2.35. The summed E-state index contributed by atoms with van der Waals surface area (Å²) in [6.07, 6.45) is 2.03. The van der Waals surface area contributed by atoms with Gasteiger partial charge in [0.15, 0.2) is 0 Å². The van der Waals surface area contributed by atoms with E-state index in [0.29, 0.717) is 6.54 Å². The van der Waals surface area contributed by atoms with Crippen molar-refractivity contribution in [2.45, 2.75) is 32.1 Å². The molecule has 4 heteroatoms. The van der Waals surface area contributed by atoms with Crippen LogP contribution in [0.5, 0.6) is 0 Å². The third-order valence-corrected chi connectivity index (χ3v) is 4.66. The van der Waals surface area contributed by atoms with Crippen LogP contribution in [0.4, 0.5) is 14.9 Å². The van der Waals surface area contributed by atoms with Crippen molar-refractivity contribution in [1.82, 2.24) is 5.32 Å². The second kappa shape index (κ2) is 6.03. The van der Waals surface area contributed by atoms with E-state index in [9.17, 15) is 9.18 Å². The van der Waals surface area contributed by atoms with Crippen LogP contribution in [0.3, 0.4) is 0 Å². The number of carbonyl (C=O) groups is 1. The highest BCUT2D eigenvalue weighted by atomic mass is 19.1. The molecule has 2 aromatic carbocycles. The van der Waals surface area contributed by atoms with Crippen molar-refractivity contribution in [3.63, 3.8) is 0 Å². The van der Waals surface area contributed by atoms with Crippen molar-refractivity contribution in [3.05, 3.63) is 65.0 Å². The third kappa shape index (κ3) is 3.52. The van der Waals surface area contributed by atoms with Crippen molar-refractivity contribution in [3.8, 4) is 0 Å².